The predicted octanol–water partition coefficient (Wildman–Crippen LogP) is 1.47. The molecule has 1 aromatic rings. The summed E-state index contributed by atoms with van der Waals surface area (Å²) < 4.78 is 28.3. The van der Waals surface area contributed by atoms with E-state index in [1.165, 1.54) is 0 Å². The number of anilines is 1. The number of nitrogens with two attached hydrogens (primary N) is 1. The minimum atomic E-state index is -3.05. The number of hydrogen-bond acceptors (Lipinski definition) is 4. The van der Waals surface area contributed by atoms with Crippen molar-refractivity contribution in [3.05, 3.63) is 24.3 Å². The Balaban J connectivity index is 2.52. The summed E-state index contributed by atoms with van der Waals surface area (Å²) in [5.74, 6) is 0.542. The molecule has 0 fully saturated rings. The van der Waals surface area contributed by atoms with Gasteiger partial charge in [-0.25, -0.2) is 8.42 Å². The second kappa shape index (κ2) is 5.21. The fourth-order valence-corrected chi connectivity index (χ4v) is 1.90. The Morgan fingerprint density at radius 3 is 2.50 bits per heavy atom. The Labute approximate surface area is 96.3 Å². The first-order chi connectivity index (χ1) is 7.43. The molecule has 4 nitrogen and oxygen atoms in total. The van der Waals surface area contributed by atoms with Gasteiger partial charge < -0.3 is 10.5 Å². The minimum absolute atomic E-state index is 0.0129. The van der Waals surface area contributed by atoms with Gasteiger partial charge in [0, 0.05) is 0 Å². The summed E-state index contributed by atoms with van der Waals surface area (Å²) in [4.78, 5) is 0. The Kier molecular flexibility index (Phi) is 4.18. The van der Waals surface area contributed by atoms with E-state index in [1.807, 2.05) is 0 Å². The Bertz CT molecular complexity index is 440. The SMILES string of the molecule is CC(C)S(=O)(=O)CCOc1ccccc1N. The molecule has 90 valence electrons. The zero-order valence-electron chi connectivity index (χ0n) is 9.51. The molecule has 16 heavy (non-hydrogen) atoms. The van der Waals surface area contributed by atoms with E-state index in [2.05, 4.69) is 0 Å². The maximum atomic E-state index is 11.5. The van der Waals surface area contributed by atoms with Gasteiger partial charge in [0.15, 0.2) is 9.84 Å². The molecule has 0 aliphatic rings. The maximum Gasteiger partial charge on any atom is 0.155 e. The summed E-state index contributed by atoms with van der Waals surface area (Å²) in [6, 6.07) is 7.03. The van der Waals surface area contributed by atoms with E-state index in [-0.39, 0.29) is 17.6 Å². The highest BCUT2D eigenvalue weighted by Gasteiger charge is 2.15. The number of ether oxygens (including phenoxy) is 1. The first-order valence-corrected chi connectivity index (χ1v) is 6.84. The molecule has 1 rings (SSSR count). The lowest BCUT2D eigenvalue weighted by Gasteiger charge is -2.10. The van der Waals surface area contributed by atoms with Crippen LogP contribution in [0.4, 0.5) is 5.69 Å². The second-order valence-corrected chi connectivity index (χ2v) is 6.48. The van der Waals surface area contributed by atoms with Gasteiger partial charge in [-0.3, -0.25) is 0 Å². The van der Waals surface area contributed by atoms with Crippen LogP contribution in [0.5, 0.6) is 5.75 Å². The Morgan fingerprint density at radius 1 is 1.31 bits per heavy atom. The van der Waals surface area contributed by atoms with E-state index in [0.29, 0.717) is 11.4 Å². The quantitative estimate of drug-likeness (QED) is 0.795. The van der Waals surface area contributed by atoms with Gasteiger partial charge in [-0.1, -0.05) is 12.1 Å². The van der Waals surface area contributed by atoms with E-state index in [1.54, 1.807) is 38.1 Å². The predicted molar refractivity (Wildman–Crippen MR) is 65.3 cm³/mol. The van der Waals surface area contributed by atoms with Crippen molar-refractivity contribution in [2.24, 2.45) is 0 Å². The van der Waals surface area contributed by atoms with E-state index in [9.17, 15) is 8.42 Å². The maximum absolute atomic E-state index is 11.5. The lowest BCUT2D eigenvalue weighted by atomic mass is 10.3. The van der Waals surface area contributed by atoms with Crippen LogP contribution in [0.2, 0.25) is 0 Å². The molecule has 0 saturated carbocycles. The number of nitrogen functional groups attached to an aromatic ring is 1. The van der Waals surface area contributed by atoms with Gasteiger partial charge in [0.25, 0.3) is 0 Å². The van der Waals surface area contributed by atoms with Crippen LogP contribution < -0.4 is 10.5 Å². The zero-order valence-corrected chi connectivity index (χ0v) is 10.3. The number of benzene rings is 1. The highest BCUT2D eigenvalue weighted by molar-refractivity contribution is 7.91. The van der Waals surface area contributed by atoms with Crippen LogP contribution in [0.15, 0.2) is 24.3 Å². The lowest BCUT2D eigenvalue weighted by molar-refractivity contribution is 0.342. The van der Waals surface area contributed by atoms with Gasteiger partial charge in [-0.15, -0.1) is 0 Å². The molecule has 0 saturated heterocycles. The molecular weight excluding hydrogens is 226 g/mol. The highest BCUT2D eigenvalue weighted by atomic mass is 32.2. The molecule has 0 amide bonds. The van der Waals surface area contributed by atoms with Gasteiger partial charge in [0.2, 0.25) is 0 Å². The van der Waals surface area contributed by atoms with Crippen molar-refractivity contribution in [3.63, 3.8) is 0 Å². The normalized spacial score (nSPS) is 11.7. The van der Waals surface area contributed by atoms with E-state index in [4.69, 9.17) is 10.5 Å². The smallest absolute Gasteiger partial charge is 0.155 e. The van der Waals surface area contributed by atoms with E-state index in [0.717, 1.165) is 0 Å². The van der Waals surface area contributed by atoms with Gasteiger partial charge in [-0.05, 0) is 26.0 Å². The molecule has 2 N–H and O–H groups in total. The fourth-order valence-electron chi connectivity index (χ4n) is 1.12. The van der Waals surface area contributed by atoms with Crippen molar-refractivity contribution in [1.29, 1.82) is 0 Å². The molecule has 0 aliphatic carbocycles. The van der Waals surface area contributed by atoms with E-state index >= 15 is 0 Å². The standard InChI is InChI=1S/C11H17NO3S/c1-9(2)16(13,14)8-7-15-11-6-4-3-5-10(11)12/h3-6,9H,7-8,12H2,1-2H3. The second-order valence-electron chi connectivity index (χ2n) is 3.80. The first kappa shape index (κ1) is 12.8. The number of rotatable bonds is 5. The van der Waals surface area contributed by atoms with Crippen LogP contribution in [-0.2, 0) is 9.84 Å². The van der Waals surface area contributed by atoms with Crippen molar-refractivity contribution in [2.75, 3.05) is 18.1 Å². The first-order valence-electron chi connectivity index (χ1n) is 5.12. The molecule has 0 radical (unpaired) electrons. The van der Waals surface area contributed by atoms with Crippen LogP contribution in [-0.4, -0.2) is 26.0 Å². The van der Waals surface area contributed by atoms with Gasteiger partial charge in [0.05, 0.1) is 16.7 Å². The fraction of sp³-hybridized carbons (Fsp3) is 0.455. The van der Waals surface area contributed by atoms with Crippen molar-refractivity contribution in [3.8, 4) is 5.75 Å². The topological polar surface area (TPSA) is 69.4 Å². The van der Waals surface area contributed by atoms with Crippen LogP contribution in [0, 0.1) is 0 Å². The van der Waals surface area contributed by atoms with Crippen LogP contribution in [0.1, 0.15) is 13.8 Å². The molecule has 1 aromatic carbocycles. The zero-order chi connectivity index (χ0) is 12.2. The summed E-state index contributed by atoms with van der Waals surface area (Å²) in [6.45, 7) is 3.45. The van der Waals surface area contributed by atoms with Crippen molar-refractivity contribution in [2.45, 2.75) is 19.1 Å². The molecule has 0 atom stereocenters. The summed E-state index contributed by atoms with van der Waals surface area (Å²) in [5, 5.41) is -0.371. The number of sulfone groups is 1. The number of para-hydroxylation sites is 2. The molecular formula is C11H17NO3S. The summed E-state index contributed by atoms with van der Waals surface area (Å²) in [7, 11) is -3.05. The van der Waals surface area contributed by atoms with Gasteiger partial charge in [-0.2, -0.15) is 0 Å². The molecule has 5 heteroatoms. The monoisotopic (exact) mass is 243 g/mol. The van der Waals surface area contributed by atoms with Gasteiger partial charge in [0.1, 0.15) is 12.4 Å². The third-order valence-electron chi connectivity index (χ3n) is 2.26. The average Bonchev–Trinajstić information content (AvgIpc) is 2.20. The molecule has 0 unspecified atom stereocenters. The Morgan fingerprint density at radius 2 is 1.94 bits per heavy atom. The van der Waals surface area contributed by atoms with Crippen LogP contribution in [0.25, 0.3) is 0 Å². The van der Waals surface area contributed by atoms with Crippen LogP contribution >= 0.6 is 0 Å². The third kappa shape index (κ3) is 3.41. The molecule has 0 aromatic heterocycles. The average molecular weight is 243 g/mol. The minimum Gasteiger partial charge on any atom is -0.490 e. The highest BCUT2D eigenvalue weighted by Crippen LogP contribution is 2.19. The third-order valence-corrected chi connectivity index (χ3v) is 4.43. The van der Waals surface area contributed by atoms with Crippen molar-refractivity contribution in [1.82, 2.24) is 0 Å². The molecule has 0 aliphatic heterocycles. The Hall–Kier alpha value is -1.23. The van der Waals surface area contributed by atoms with Crippen molar-refractivity contribution >= 4 is 15.5 Å². The van der Waals surface area contributed by atoms with Gasteiger partial charge >= 0.3 is 0 Å². The van der Waals surface area contributed by atoms with Crippen LogP contribution in [0.3, 0.4) is 0 Å². The van der Waals surface area contributed by atoms with Crippen molar-refractivity contribution < 1.29 is 13.2 Å². The summed E-state index contributed by atoms with van der Waals surface area (Å²) in [5.41, 5.74) is 6.17. The number of hydrogen-bond donors (Lipinski definition) is 1. The summed E-state index contributed by atoms with van der Waals surface area (Å²) >= 11 is 0. The lowest BCUT2D eigenvalue weighted by Crippen LogP contribution is -2.22. The van der Waals surface area contributed by atoms with E-state index < -0.39 is 9.84 Å². The molecule has 0 bridgehead atoms. The molecule has 0 spiro atoms. The summed E-state index contributed by atoms with van der Waals surface area (Å²) in [6.07, 6.45) is 0. The molecule has 0 heterocycles. The largest absolute Gasteiger partial charge is 0.490 e.